The monoisotopic (exact) mass is 366 g/mol. The summed E-state index contributed by atoms with van der Waals surface area (Å²) in [6, 6.07) is 0. The Labute approximate surface area is 158 Å². The Morgan fingerprint density at radius 3 is 2.35 bits per heavy atom. The number of hydrogen-bond donors (Lipinski definition) is 3. The molecule has 0 radical (unpaired) electrons. The third kappa shape index (κ3) is 5.87. The SMILES string of the molecule is CC.CC.CC.Nc1nccn2c(C3CCCC(CO)CC3)nc(O)c12. The summed E-state index contributed by atoms with van der Waals surface area (Å²) in [6.07, 6.45) is 8.56. The predicted octanol–water partition coefficient (Wildman–Crippen LogP) is 4.75. The van der Waals surface area contributed by atoms with Gasteiger partial charge in [-0.15, -0.1) is 0 Å². The molecule has 2 unspecified atom stereocenters. The van der Waals surface area contributed by atoms with Crippen LogP contribution in [-0.2, 0) is 0 Å². The van der Waals surface area contributed by atoms with Crippen LogP contribution in [0.5, 0.6) is 5.88 Å². The molecule has 2 atom stereocenters. The van der Waals surface area contributed by atoms with Crippen molar-refractivity contribution in [1.82, 2.24) is 14.4 Å². The fraction of sp³-hybridized carbons (Fsp3) is 0.700. The van der Waals surface area contributed by atoms with Crippen molar-refractivity contribution < 1.29 is 10.2 Å². The van der Waals surface area contributed by atoms with Gasteiger partial charge in [-0.3, -0.25) is 4.40 Å². The van der Waals surface area contributed by atoms with Crippen LogP contribution in [0.1, 0.15) is 85.4 Å². The Bertz CT molecular complexity index is 613. The molecule has 0 aliphatic heterocycles. The van der Waals surface area contributed by atoms with Gasteiger partial charge < -0.3 is 15.9 Å². The summed E-state index contributed by atoms with van der Waals surface area (Å²) in [6.45, 7) is 12.3. The Hall–Kier alpha value is -1.82. The zero-order valence-corrected chi connectivity index (χ0v) is 17.4. The van der Waals surface area contributed by atoms with Crippen LogP contribution in [0.2, 0.25) is 0 Å². The van der Waals surface area contributed by atoms with Crippen molar-refractivity contribution in [3.8, 4) is 5.88 Å². The molecule has 1 saturated carbocycles. The highest BCUT2D eigenvalue weighted by atomic mass is 16.3. The molecular formula is C20H38N4O2. The first kappa shape index (κ1) is 24.2. The van der Waals surface area contributed by atoms with Gasteiger partial charge >= 0.3 is 0 Å². The van der Waals surface area contributed by atoms with Crippen molar-refractivity contribution in [2.75, 3.05) is 12.3 Å². The van der Waals surface area contributed by atoms with Gasteiger partial charge in [0.2, 0.25) is 5.88 Å². The lowest BCUT2D eigenvalue weighted by Gasteiger charge is -2.13. The number of nitrogens with two attached hydrogens (primary N) is 1. The molecule has 0 bridgehead atoms. The van der Waals surface area contributed by atoms with Gasteiger partial charge in [-0.2, -0.15) is 4.98 Å². The van der Waals surface area contributed by atoms with Crippen molar-refractivity contribution in [2.45, 2.75) is 79.6 Å². The third-order valence-electron chi connectivity index (χ3n) is 4.30. The average molecular weight is 367 g/mol. The van der Waals surface area contributed by atoms with E-state index in [4.69, 9.17) is 5.73 Å². The topological polar surface area (TPSA) is 96.7 Å². The zero-order chi connectivity index (χ0) is 20.1. The first-order valence-corrected chi connectivity index (χ1v) is 10.1. The van der Waals surface area contributed by atoms with E-state index in [1.807, 2.05) is 45.9 Å². The van der Waals surface area contributed by atoms with E-state index in [0.29, 0.717) is 23.2 Å². The minimum atomic E-state index is -0.0476. The summed E-state index contributed by atoms with van der Waals surface area (Å²) in [7, 11) is 0. The lowest BCUT2D eigenvalue weighted by molar-refractivity contribution is 0.212. The molecule has 6 heteroatoms. The molecule has 2 heterocycles. The quantitative estimate of drug-likeness (QED) is 0.666. The van der Waals surface area contributed by atoms with Crippen LogP contribution in [0, 0.1) is 5.92 Å². The van der Waals surface area contributed by atoms with E-state index in [0.717, 1.165) is 37.9 Å². The van der Waals surface area contributed by atoms with Crippen LogP contribution >= 0.6 is 0 Å². The van der Waals surface area contributed by atoms with Crippen LogP contribution in [0.15, 0.2) is 12.4 Å². The Kier molecular flexibility index (Phi) is 12.5. The summed E-state index contributed by atoms with van der Waals surface area (Å²) in [5, 5.41) is 19.3. The van der Waals surface area contributed by atoms with Gasteiger partial charge in [-0.05, 0) is 31.6 Å². The minimum absolute atomic E-state index is 0.0476. The number of rotatable bonds is 2. The second kappa shape index (κ2) is 13.4. The highest BCUT2D eigenvalue weighted by Crippen LogP contribution is 2.36. The number of hydrogen-bond acceptors (Lipinski definition) is 5. The maximum Gasteiger partial charge on any atom is 0.241 e. The van der Waals surface area contributed by atoms with E-state index in [1.165, 1.54) is 0 Å². The van der Waals surface area contributed by atoms with Crippen molar-refractivity contribution in [1.29, 1.82) is 0 Å². The first-order chi connectivity index (χ1) is 12.7. The van der Waals surface area contributed by atoms with Crippen LogP contribution < -0.4 is 5.73 Å². The normalized spacial score (nSPS) is 19.0. The summed E-state index contributed by atoms with van der Waals surface area (Å²) < 4.78 is 1.85. The van der Waals surface area contributed by atoms with Gasteiger partial charge in [0.15, 0.2) is 11.3 Å². The van der Waals surface area contributed by atoms with Gasteiger partial charge in [0.25, 0.3) is 0 Å². The molecule has 2 aromatic rings. The maximum atomic E-state index is 9.98. The number of nitrogen functional groups attached to an aromatic ring is 1. The molecule has 0 aromatic carbocycles. The van der Waals surface area contributed by atoms with Gasteiger partial charge in [0.05, 0.1) is 0 Å². The molecule has 0 spiro atoms. The first-order valence-electron chi connectivity index (χ1n) is 10.1. The van der Waals surface area contributed by atoms with Gasteiger partial charge in [0.1, 0.15) is 5.82 Å². The summed E-state index contributed by atoms with van der Waals surface area (Å²) in [4.78, 5) is 8.30. The van der Waals surface area contributed by atoms with Crippen molar-refractivity contribution in [2.24, 2.45) is 5.92 Å². The molecule has 26 heavy (non-hydrogen) atoms. The Morgan fingerprint density at radius 2 is 1.73 bits per heavy atom. The molecule has 4 N–H and O–H groups in total. The van der Waals surface area contributed by atoms with E-state index in [-0.39, 0.29) is 12.5 Å². The Morgan fingerprint density at radius 1 is 1.08 bits per heavy atom. The molecule has 1 aliphatic carbocycles. The van der Waals surface area contributed by atoms with E-state index in [9.17, 15) is 10.2 Å². The van der Waals surface area contributed by atoms with Gasteiger partial charge in [0, 0.05) is 24.9 Å². The number of aliphatic hydroxyl groups excluding tert-OH is 1. The predicted molar refractivity (Wildman–Crippen MR) is 110 cm³/mol. The fourth-order valence-corrected chi connectivity index (χ4v) is 3.18. The molecule has 6 nitrogen and oxygen atoms in total. The fourth-order valence-electron chi connectivity index (χ4n) is 3.18. The van der Waals surface area contributed by atoms with Crippen LogP contribution in [0.25, 0.3) is 5.52 Å². The number of aromatic hydroxyl groups is 1. The molecule has 0 saturated heterocycles. The largest absolute Gasteiger partial charge is 0.492 e. The second-order valence-electron chi connectivity index (χ2n) is 5.58. The van der Waals surface area contributed by atoms with Crippen molar-refractivity contribution in [3.05, 3.63) is 18.2 Å². The smallest absolute Gasteiger partial charge is 0.241 e. The third-order valence-corrected chi connectivity index (χ3v) is 4.30. The standard InChI is InChI=1S/C14H20N4O2.3C2H6/c15-12-11-14(20)17-13(18(11)7-6-16-12)10-3-1-2-9(8-19)4-5-10;3*1-2/h6-7,9-10,19-20H,1-5,8H2,(H2,15,16);3*1-2H3. The molecule has 150 valence electrons. The number of anilines is 1. The molecule has 3 rings (SSSR count). The number of fused-ring (bicyclic) bond motifs is 1. The summed E-state index contributed by atoms with van der Waals surface area (Å²) >= 11 is 0. The molecule has 1 fully saturated rings. The molecule has 0 amide bonds. The average Bonchev–Trinajstić information content (AvgIpc) is 2.89. The number of aliphatic hydroxyl groups is 1. The van der Waals surface area contributed by atoms with Crippen molar-refractivity contribution >= 4 is 11.3 Å². The van der Waals surface area contributed by atoms with E-state index in [1.54, 1.807) is 12.4 Å². The van der Waals surface area contributed by atoms with Crippen molar-refractivity contribution in [3.63, 3.8) is 0 Å². The Balaban J connectivity index is 0.000000948. The zero-order valence-electron chi connectivity index (χ0n) is 17.4. The van der Waals surface area contributed by atoms with Crippen LogP contribution in [0.4, 0.5) is 5.82 Å². The molecule has 1 aliphatic rings. The van der Waals surface area contributed by atoms with E-state index >= 15 is 0 Å². The van der Waals surface area contributed by atoms with Gasteiger partial charge in [-0.25, -0.2) is 4.98 Å². The minimum Gasteiger partial charge on any atom is -0.492 e. The number of nitrogens with zero attached hydrogens (tertiary/aromatic N) is 3. The lowest BCUT2D eigenvalue weighted by Crippen LogP contribution is -2.06. The van der Waals surface area contributed by atoms with Gasteiger partial charge in [-0.1, -0.05) is 48.0 Å². The lowest BCUT2D eigenvalue weighted by atomic mass is 9.98. The number of aromatic nitrogens is 3. The number of imidazole rings is 1. The highest BCUT2D eigenvalue weighted by Gasteiger charge is 2.25. The molecular weight excluding hydrogens is 328 g/mol. The van der Waals surface area contributed by atoms with Crippen LogP contribution in [0.3, 0.4) is 0 Å². The maximum absolute atomic E-state index is 9.98. The molecule has 2 aromatic heterocycles. The summed E-state index contributed by atoms with van der Waals surface area (Å²) in [5.41, 5.74) is 6.30. The van der Waals surface area contributed by atoms with E-state index < -0.39 is 0 Å². The summed E-state index contributed by atoms with van der Waals surface area (Å²) in [5.74, 6) is 1.79. The van der Waals surface area contributed by atoms with E-state index in [2.05, 4.69) is 9.97 Å². The highest BCUT2D eigenvalue weighted by molar-refractivity contribution is 5.72. The second-order valence-corrected chi connectivity index (χ2v) is 5.58. The van der Waals surface area contributed by atoms with Crippen LogP contribution in [-0.4, -0.2) is 31.2 Å².